The van der Waals surface area contributed by atoms with Gasteiger partial charge in [-0.3, -0.25) is 14.6 Å². The van der Waals surface area contributed by atoms with Gasteiger partial charge in [0, 0.05) is 24.3 Å². The summed E-state index contributed by atoms with van der Waals surface area (Å²) in [6.45, 7) is 0. The van der Waals surface area contributed by atoms with Crippen LogP contribution in [-0.4, -0.2) is 12.0 Å². The second kappa shape index (κ2) is 4.20. The highest BCUT2D eigenvalue weighted by molar-refractivity contribution is 5.85. The van der Waals surface area contributed by atoms with Crippen LogP contribution in [0.5, 0.6) is 0 Å². The van der Waals surface area contributed by atoms with Crippen LogP contribution in [0.15, 0.2) is 46.1 Å². The highest BCUT2D eigenvalue weighted by atomic mass is 16.2. The van der Waals surface area contributed by atoms with Crippen molar-refractivity contribution in [2.75, 3.05) is 17.7 Å². The van der Waals surface area contributed by atoms with E-state index in [9.17, 15) is 9.59 Å². The maximum absolute atomic E-state index is 11.5. The molecule has 0 atom stereocenters. The van der Waals surface area contributed by atoms with Crippen LogP contribution in [0.4, 0.5) is 17.1 Å². The van der Waals surface area contributed by atoms with Crippen molar-refractivity contribution in [1.29, 1.82) is 0 Å². The van der Waals surface area contributed by atoms with Crippen molar-refractivity contribution in [3.63, 3.8) is 0 Å². The van der Waals surface area contributed by atoms with Gasteiger partial charge in [0.1, 0.15) is 11.4 Å². The number of nitrogens with zero attached hydrogens (tertiary/aromatic N) is 1. The molecule has 19 heavy (non-hydrogen) atoms. The number of benzene rings is 1. The Labute approximate surface area is 108 Å². The first-order valence-electron chi connectivity index (χ1n) is 5.83. The summed E-state index contributed by atoms with van der Waals surface area (Å²) >= 11 is 0. The molecule has 0 aliphatic rings. The average molecular weight is 253 g/mol. The van der Waals surface area contributed by atoms with E-state index in [4.69, 9.17) is 0 Å². The summed E-state index contributed by atoms with van der Waals surface area (Å²) in [7, 11) is 1.62. The highest BCUT2D eigenvalue weighted by Gasteiger charge is 2.19. The van der Waals surface area contributed by atoms with Crippen LogP contribution in [0, 0.1) is 0 Å². The Hall–Kier alpha value is -2.69. The van der Waals surface area contributed by atoms with Crippen LogP contribution >= 0.6 is 0 Å². The van der Waals surface area contributed by atoms with Crippen LogP contribution in [0.2, 0.25) is 0 Å². The van der Waals surface area contributed by atoms with Gasteiger partial charge in [-0.1, -0.05) is 6.07 Å². The Morgan fingerprint density at radius 3 is 2.63 bits per heavy atom. The van der Waals surface area contributed by atoms with Crippen molar-refractivity contribution in [2.45, 2.75) is 0 Å². The summed E-state index contributed by atoms with van der Waals surface area (Å²) in [4.78, 5) is 27.0. The van der Waals surface area contributed by atoms with Gasteiger partial charge in [0.2, 0.25) is 0 Å². The molecule has 1 aromatic heterocycles. The normalized spacial score (nSPS) is 10.8. The van der Waals surface area contributed by atoms with E-state index in [1.54, 1.807) is 13.2 Å². The quantitative estimate of drug-likeness (QED) is 0.694. The molecule has 3 aromatic rings. The minimum absolute atomic E-state index is 0.316. The summed E-state index contributed by atoms with van der Waals surface area (Å²) in [6, 6.07) is 9.36. The average Bonchev–Trinajstić information content (AvgIpc) is 2.46. The summed E-state index contributed by atoms with van der Waals surface area (Å²) < 4.78 is 0. The number of anilines is 3. The summed E-state index contributed by atoms with van der Waals surface area (Å²) in [5, 5.41) is 6.66. The fraction of sp³-hybridized carbons (Fsp3) is 0.0714. The third kappa shape index (κ3) is 1.76. The lowest BCUT2D eigenvalue weighted by Crippen LogP contribution is -2.35. The first kappa shape index (κ1) is 11.4. The molecule has 0 radical (unpaired) electrons. The zero-order valence-electron chi connectivity index (χ0n) is 10.2. The van der Waals surface area contributed by atoms with Crippen molar-refractivity contribution < 1.29 is 0 Å². The number of hydrogen-bond donors (Lipinski definition) is 2. The molecule has 3 rings (SSSR count). The topological polar surface area (TPSA) is 71.1 Å². The molecule has 0 fully saturated rings. The molecular formula is C14H11N3O2. The van der Waals surface area contributed by atoms with Gasteiger partial charge < -0.3 is 10.6 Å². The Balaban J connectivity index is 2.00. The Bertz CT molecular complexity index is 832. The number of hydrogen-bond acceptors (Lipinski definition) is 5. The molecule has 0 bridgehead atoms. The Morgan fingerprint density at radius 1 is 1.05 bits per heavy atom. The van der Waals surface area contributed by atoms with E-state index < -0.39 is 10.9 Å². The number of pyridine rings is 1. The molecule has 0 unspecified atom stereocenters. The number of rotatable bonds is 3. The standard InChI is InChI=1S/C14H11N3O2/c1-15-11-12(14(19)13(11)18)17-9-4-5-10-8(7-9)3-2-6-16-10/h2-7,15,17H,1H3. The zero-order chi connectivity index (χ0) is 13.4. The molecule has 5 nitrogen and oxygen atoms in total. The molecule has 2 aromatic carbocycles. The molecule has 1 heterocycles. The van der Waals surface area contributed by atoms with Gasteiger partial charge in [0.15, 0.2) is 0 Å². The largest absolute Gasteiger partial charge is 0.383 e. The molecule has 0 aliphatic carbocycles. The lowest BCUT2D eigenvalue weighted by molar-refractivity contribution is 1.34. The Morgan fingerprint density at radius 2 is 1.84 bits per heavy atom. The minimum Gasteiger partial charge on any atom is -0.383 e. The van der Waals surface area contributed by atoms with Gasteiger partial charge in [0.25, 0.3) is 10.9 Å². The summed E-state index contributed by atoms with van der Waals surface area (Å²) in [6.07, 6.45) is 1.73. The first-order chi connectivity index (χ1) is 9.20. The van der Waals surface area contributed by atoms with E-state index in [1.165, 1.54) is 0 Å². The molecule has 5 heteroatoms. The van der Waals surface area contributed by atoms with Gasteiger partial charge >= 0.3 is 0 Å². The predicted octanol–water partition coefficient (Wildman–Crippen LogP) is 1.62. The van der Waals surface area contributed by atoms with Crippen LogP contribution in [0.1, 0.15) is 0 Å². The predicted molar refractivity (Wildman–Crippen MR) is 75.9 cm³/mol. The van der Waals surface area contributed by atoms with E-state index in [0.717, 1.165) is 16.6 Å². The molecule has 0 aliphatic heterocycles. The van der Waals surface area contributed by atoms with Crippen molar-refractivity contribution in [3.8, 4) is 0 Å². The summed E-state index contributed by atoms with van der Waals surface area (Å²) in [5.41, 5.74) is 1.31. The molecule has 2 N–H and O–H groups in total. The van der Waals surface area contributed by atoms with Crippen LogP contribution in [0.3, 0.4) is 0 Å². The number of fused-ring (bicyclic) bond motifs is 1. The van der Waals surface area contributed by atoms with Gasteiger partial charge in [-0.05, 0) is 24.3 Å². The van der Waals surface area contributed by atoms with E-state index in [-0.39, 0.29) is 0 Å². The highest BCUT2D eigenvalue weighted by Crippen LogP contribution is 2.23. The summed E-state index contributed by atoms with van der Waals surface area (Å²) in [5.74, 6) is 0. The molecule has 0 saturated carbocycles. The van der Waals surface area contributed by atoms with Gasteiger partial charge in [-0.2, -0.15) is 0 Å². The van der Waals surface area contributed by atoms with Gasteiger partial charge in [0.05, 0.1) is 5.52 Å². The second-order valence-electron chi connectivity index (χ2n) is 4.19. The molecular weight excluding hydrogens is 242 g/mol. The lowest BCUT2D eigenvalue weighted by atomic mass is 10.1. The van der Waals surface area contributed by atoms with Crippen LogP contribution in [-0.2, 0) is 0 Å². The van der Waals surface area contributed by atoms with Crippen molar-refractivity contribution in [1.82, 2.24) is 4.98 Å². The zero-order valence-corrected chi connectivity index (χ0v) is 10.2. The molecule has 0 spiro atoms. The second-order valence-corrected chi connectivity index (χ2v) is 4.19. The lowest BCUT2D eigenvalue weighted by Gasteiger charge is -2.12. The first-order valence-corrected chi connectivity index (χ1v) is 5.83. The van der Waals surface area contributed by atoms with Crippen molar-refractivity contribution in [2.24, 2.45) is 0 Å². The fourth-order valence-electron chi connectivity index (χ4n) is 2.05. The van der Waals surface area contributed by atoms with Crippen molar-refractivity contribution in [3.05, 3.63) is 57.0 Å². The minimum atomic E-state index is -0.490. The maximum atomic E-state index is 11.5. The van der Waals surface area contributed by atoms with Crippen molar-refractivity contribution >= 4 is 28.0 Å². The number of nitrogens with one attached hydrogen (secondary N) is 2. The molecule has 0 amide bonds. The number of aromatic nitrogens is 1. The monoisotopic (exact) mass is 253 g/mol. The smallest absolute Gasteiger partial charge is 0.253 e. The van der Waals surface area contributed by atoms with Gasteiger partial charge in [-0.15, -0.1) is 0 Å². The molecule has 94 valence electrons. The van der Waals surface area contributed by atoms with Crippen LogP contribution < -0.4 is 21.5 Å². The van der Waals surface area contributed by atoms with E-state index in [1.807, 2.05) is 30.3 Å². The van der Waals surface area contributed by atoms with E-state index >= 15 is 0 Å². The third-order valence-electron chi connectivity index (χ3n) is 3.03. The van der Waals surface area contributed by atoms with Gasteiger partial charge in [-0.25, -0.2) is 0 Å². The van der Waals surface area contributed by atoms with E-state index in [2.05, 4.69) is 15.6 Å². The SMILES string of the molecule is CNc1c(Nc2ccc3ncccc3c2)c(=O)c1=O. The van der Waals surface area contributed by atoms with E-state index in [0.29, 0.717) is 11.4 Å². The van der Waals surface area contributed by atoms with Crippen LogP contribution in [0.25, 0.3) is 10.9 Å². The fourth-order valence-corrected chi connectivity index (χ4v) is 2.05. The third-order valence-corrected chi connectivity index (χ3v) is 3.03. The Kier molecular flexibility index (Phi) is 2.52. The maximum Gasteiger partial charge on any atom is 0.253 e. The molecule has 0 saturated heterocycles.